The molecule has 2 aliphatic rings. The van der Waals surface area contributed by atoms with Gasteiger partial charge in [-0.1, -0.05) is 207 Å². The van der Waals surface area contributed by atoms with Crippen LogP contribution in [-0.4, -0.2) is 0 Å². The minimum atomic E-state index is 0.0483. The predicted molar refractivity (Wildman–Crippen MR) is 315 cm³/mol. The highest BCUT2D eigenvalue weighted by Crippen LogP contribution is 2.50. The molecule has 8 aromatic carbocycles. The number of hydrogen-bond donors (Lipinski definition) is 0. The van der Waals surface area contributed by atoms with Crippen LogP contribution in [0.2, 0.25) is 0 Å². The van der Waals surface area contributed by atoms with Gasteiger partial charge in [0.15, 0.2) is 0 Å². The molecular weight excluding hydrogens is 869 g/mol. The summed E-state index contributed by atoms with van der Waals surface area (Å²) in [6.07, 6.45) is 13.0. The van der Waals surface area contributed by atoms with Crippen LogP contribution in [0.5, 0.6) is 0 Å². The van der Waals surface area contributed by atoms with E-state index in [9.17, 15) is 0 Å². The molecule has 0 heterocycles. The molecule has 2 heteroatoms. The van der Waals surface area contributed by atoms with Gasteiger partial charge in [-0.25, -0.2) is 0 Å². The lowest BCUT2D eigenvalue weighted by molar-refractivity contribution is 0.444. The molecule has 2 saturated carbocycles. The highest BCUT2D eigenvalue weighted by molar-refractivity contribution is 6.25. The molecule has 372 valence electrons. The Morgan fingerprint density at radius 2 is 0.528 bits per heavy atom. The molecular formula is C70H82N2. The van der Waals surface area contributed by atoms with Gasteiger partial charge < -0.3 is 9.80 Å². The van der Waals surface area contributed by atoms with Gasteiger partial charge in [-0.15, -0.1) is 0 Å². The molecule has 0 aromatic heterocycles. The van der Waals surface area contributed by atoms with Crippen molar-refractivity contribution in [1.29, 1.82) is 0 Å². The summed E-state index contributed by atoms with van der Waals surface area (Å²) in [5.41, 5.74) is 15.7. The zero-order chi connectivity index (χ0) is 50.7. The fraction of sp³-hybridized carbons (Fsp3) is 0.400. The molecule has 0 amide bonds. The van der Waals surface area contributed by atoms with Gasteiger partial charge in [0.05, 0.1) is 11.4 Å². The van der Waals surface area contributed by atoms with Gasteiger partial charge in [-0.3, -0.25) is 0 Å². The number of hydrogen-bond acceptors (Lipinski definition) is 2. The second-order valence-corrected chi connectivity index (χ2v) is 26.0. The fourth-order valence-electron chi connectivity index (χ4n) is 12.1. The Morgan fingerprint density at radius 1 is 0.278 bits per heavy atom. The predicted octanol–water partition coefficient (Wildman–Crippen LogP) is 21.4. The molecule has 0 atom stereocenters. The summed E-state index contributed by atoms with van der Waals surface area (Å²) in [6.45, 7) is 27.8. The second kappa shape index (κ2) is 19.2. The van der Waals surface area contributed by atoms with Crippen molar-refractivity contribution in [3.8, 4) is 0 Å². The largest absolute Gasteiger partial charge is 0.310 e. The minimum absolute atomic E-state index is 0.0483. The van der Waals surface area contributed by atoms with E-state index in [0.717, 1.165) is 0 Å². The lowest BCUT2D eigenvalue weighted by atomic mass is 9.81. The Balaban J connectivity index is 1.31. The Hall–Kier alpha value is -5.86. The first-order valence-electron chi connectivity index (χ1n) is 27.7. The zero-order valence-electron chi connectivity index (χ0n) is 46.0. The van der Waals surface area contributed by atoms with Gasteiger partial charge in [0.25, 0.3) is 0 Å². The van der Waals surface area contributed by atoms with Crippen molar-refractivity contribution in [2.24, 2.45) is 0 Å². The molecule has 0 N–H and O–H groups in total. The lowest BCUT2D eigenvalue weighted by Crippen LogP contribution is -2.15. The quantitative estimate of drug-likeness (QED) is 0.140. The number of anilines is 6. The number of benzene rings is 8. The van der Waals surface area contributed by atoms with Crippen LogP contribution >= 0.6 is 0 Å². The van der Waals surface area contributed by atoms with E-state index in [2.05, 4.69) is 238 Å². The molecule has 2 fully saturated rings. The number of fused-ring (bicyclic) bond motifs is 5. The van der Waals surface area contributed by atoms with Crippen LogP contribution in [0.4, 0.5) is 34.1 Å². The zero-order valence-corrected chi connectivity index (χ0v) is 46.0. The molecule has 0 unspecified atom stereocenters. The third kappa shape index (κ3) is 9.97. The van der Waals surface area contributed by atoms with Gasteiger partial charge in [0, 0.05) is 33.5 Å². The van der Waals surface area contributed by atoms with E-state index in [4.69, 9.17) is 0 Å². The van der Waals surface area contributed by atoms with Crippen LogP contribution in [0, 0.1) is 0 Å². The van der Waals surface area contributed by atoms with Crippen LogP contribution < -0.4 is 9.80 Å². The van der Waals surface area contributed by atoms with Gasteiger partial charge >= 0.3 is 0 Å². The van der Waals surface area contributed by atoms with Gasteiger partial charge in [-0.05, 0) is 175 Å². The van der Waals surface area contributed by atoms with Crippen LogP contribution in [0.3, 0.4) is 0 Å². The van der Waals surface area contributed by atoms with Crippen molar-refractivity contribution in [2.45, 2.75) is 181 Å². The highest BCUT2D eigenvalue weighted by atomic mass is 15.2. The van der Waals surface area contributed by atoms with E-state index in [1.54, 1.807) is 0 Å². The molecule has 0 aliphatic heterocycles. The maximum absolute atomic E-state index is 2.63. The van der Waals surface area contributed by atoms with E-state index in [0.29, 0.717) is 11.8 Å². The SMILES string of the molecule is CC(C)(C)c1ccc(N(c2ccc(C(C)(C)C)cc2)c2cc3c4cc(C5CCCCC5)ccc4c(N(c4ccc(C(C)(C)C)cc4)c4ccc(C(C)(C)C)cc4)cc3c3cc(C4CCCCC4)ccc23)cc1. The molecule has 8 aromatic rings. The molecule has 0 spiro atoms. The van der Waals surface area contributed by atoms with Crippen LogP contribution in [0.25, 0.3) is 32.3 Å². The lowest BCUT2D eigenvalue weighted by Gasteiger charge is -2.32. The average molecular weight is 951 g/mol. The Labute approximate surface area is 433 Å². The van der Waals surface area contributed by atoms with Crippen molar-refractivity contribution in [1.82, 2.24) is 0 Å². The Kier molecular flexibility index (Phi) is 13.3. The highest BCUT2D eigenvalue weighted by Gasteiger charge is 2.27. The summed E-state index contributed by atoms with van der Waals surface area (Å²) < 4.78 is 0. The first-order valence-corrected chi connectivity index (χ1v) is 27.7. The third-order valence-corrected chi connectivity index (χ3v) is 16.7. The molecule has 0 bridgehead atoms. The van der Waals surface area contributed by atoms with E-state index in [1.807, 2.05) is 0 Å². The van der Waals surface area contributed by atoms with Crippen molar-refractivity contribution in [2.75, 3.05) is 9.80 Å². The molecule has 0 saturated heterocycles. The van der Waals surface area contributed by atoms with Crippen molar-refractivity contribution < 1.29 is 0 Å². The molecule has 0 radical (unpaired) electrons. The van der Waals surface area contributed by atoms with Gasteiger partial charge in [-0.2, -0.15) is 0 Å². The van der Waals surface area contributed by atoms with Gasteiger partial charge in [0.2, 0.25) is 0 Å². The van der Waals surface area contributed by atoms with Crippen molar-refractivity contribution in [3.05, 3.63) is 179 Å². The second-order valence-electron chi connectivity index (χ2n) is 26.0. The van der Waals surface area contributed by atoms with Crippen LogP contribution in [0.15, 0.2) is 146 Å². The van der Waals surface area contributed by atoms with E-state index in [-0.39, 0.29) is 21.7 Å². The summed E-state index contributed by atoms with van der Waals surface area (Å²) in [5.74, 6) is 1.15. The van der Waals surface area contributed by atoms with Crippen LogP contribution in [0.1, 0.15) is 193 Å². The fourth-order valence-corrected chi connectivity index (χ4v) is 12.1. The molecule has 10 rings (SSSR count). The smallest absolute Gasteiger partial charge is 0.0546 e. The Bertz CT molecular complexity index is 2850. The maximum atomic E-state index is 2.63. The first-order chi connectivity index (χ1) is 34.2. The summed E-state index contributed by atoms with van der Waals surface area (Å²) in [4.78, 5) is 5.12. The monoisotopic (exact) mass is 951 g/mol. The van der Waals surface area contributed by atoms with Crippen molar-refractivity contribution >= 4 is 66.4 Å². The number of nitrogens with zero attached hydrogens (tertiary/aromatic N) is 2. The average Bonchev–Trinajstić information content (AvgIpc) is 3.36. The third-order valence-electron chi connectivity index (χ3n) is 16.7. The van der Waals surface area contributed by atoms with E-state index in [1.165, 1.54) is 164 Å². The summed E-state index contributed by atoms with van der Waals surface area (Å²) in [7, 11) is 0. The standard InChI is InChI=1S/C70H82N2/c1-67(2,3)51-25-33-55(34-26-51)71(56-35-27-52(28-36-56)68(4,5)6)65-45-63-62-44-50(48-21-17-14-18-22-48)24-42-60(62)66(46-64(63)61-43-49(23-41-59(61)65)47-19-15-13-16-20-47)72(57-37-29-53(30-38-57)69(7,8)9)58-39-31-54(32-40-58)70(10,11)12/h23-48H,13-22H2,1-12H3. The normalized spacial score (nSPS) is 15.7. The van der Waals surface area contributed by atoms with Crippen molar-refractivity contribution in [3.63, 3.8) is 0 Å². The van der Waals surface area contributed by atoms with E-state index >= 15 is 0 Å². The Morgan fingerprint density at radius 3 is 0.778 bits per heavy atom. The summed E-state index contributed by atoms with van der Waals surface area (Å²) >= 11 is 0. The molecule has 2 nitrogen and oxygen atoms in total. The van der Waals surface area contributed by atoms with E-state index < -0.39 is 0 Å². The minimum Gasteiger partial charge on any atom is -0.310 e. The first kappa shape index (κ1) is 49.7. The summed E-state index contributed by atoms with van der Waals surface area (Å²) in [5, 5.41) is 7.89. The van der Waals surface area contributed by atoms with Gasteiger partial charge in [0.1, 0.15) is 0 Å². The number of rotatable bonds is 8. The molecule has 2 aliphatic carbocycles. The molecule has 72 heavy (non-hydrogen) atoms. The van der Waals surface area contributed by atoms with Crippen LogP contribution in [-0.2, 0) is 21.7 Å². The maximum Gasteiger partial charge on any atom is 0.0546 e. The topological polar surface area (TPSA) is 6.48 Å². The summed E-state index contributed by atoms with van der Waals surface area (Å²) in [6, 6.07) is 58.1.